The highest BCUT2D eigenvalue weighted by Gasteiger charge is 2.25. The number of azo groups is 3. The lowest BCUT2D eigenvalue weighted by molar-refractivity contribution is 0.317. The Bertz CT molecular complexity index is 4350. The van der Waals surface area contributed by atoms with Gasteiger partial charge in [0, 0.05) is 22.2 Å². The summed E-state index contributed by atoms with van der Waals surface area (Å²) in [7, 11) is -24.1. The summed E-state index contributed by atoms with van der Waals surface area (Å²) >= 11 is 0.833. The number of fused-ring (bicyclic) bond motifs is 3. The first kappa shape index (κ1) is 53.0. The van der Waals surface area contributed by atoms with Crippen molar-refractivity contribution < 1.29 is 79.8 Å². The van der Waals surface area contributed by atoms with Crippen LogP contribution in [-0.4, -0.2) is 102 Å². The molecule has 6 aromatic carbocycles. The molecule has 8 rings (SSSR count). The Kier molecular flexibility index (Phi) is 14.0. The van der Waals surface area contributed by atoms with E-state index in [1.807, 2.05) is 0 Å². The highest BCUT2D eigenvalue weighted by molar-refractivity contribution is 7.87. The van der Waals surface area contributed by atoms with Crippen LogP contribution < -0.4 is 4.74 Å². The van der Waals surface area contributed by atoms with Crippen LogP contribution >= 0.6 is 11.3 Å². The number of benzene rings is 6. The average Bonchev–Trinajstić information content (AvgIpc) is 3.85. The molecule has 33 heteroatoms. The maximum atomic E-state index is 12.9. The minimum absolute atomic E-state index is 0.0000255. The molecule has 0 aliphatic rings. The summed E-state index contributed by atoms with van der Waals surface area (Å²) in [4.78, 5) is 1.31. The van der Waals surface area contributed by atoms with Gasteiger partial charge in [0.1, 0.15) is 37.5 Å². The van der Waals surface area contributed by atoms with E-state index in [1.54, 1.807) is 6.92 Å². The van der Waals surface area contributed by atoms with Gasteiger partial charge in [-0.25, -0.2) is 4.98 Å². The van der Waals surface area contributed by atoms with E-state index in [1.165, 1.54) is 55.5 Å². The van der Waals surface area contributed by atoms with Crippen LogP contribution in [0.15, 0.2) is 135 Å². The maximum Gasteiger partial charge on any atom is 0.297 e. The second kappa shape index (κ2) is 19.5. The molecule has 0 aliphatic heterocycles. The zero-order valence-corrected chi connectivity index (χ0v) is 42.2. The summed E-state index contributed by atoms with van der Waals surface area (Å²) in [6.45, 7) is 2.70. The van der Waals surface area contributed by atoms with Crippen LogP contribution in [0.2, 0.25) is 0 Å². The highest BCUT2D eigenvalue weighted by Crippen LogP contribution is 2.44. The molecule has 0 spiro atoms. The van der Waals surface area contributed by atoms with Gasteiger partial charge in [-0.3, -0.25) is 22.8 Å². The zero-order chi connectivity index (χ0) is 53.9. The van der Waals surface area contributed by atoms with Crippen LogP contribution in [0.1, 0.15) is 17.7 Å². The molecule has 27 nitrogen and oxygen atoms in total. The molecule has 0 radical (unpaired) electrons. The van der Waals surface area contributed by atoms with Gasteiger partial charge in [0.2, 0.25) is 11.0 Å². The molecule has 0 atom stereocenters. The molecule has 0 aliphatic carbocycles. The van der Waals surface area contributed by atoms with Gasteiger partial charge in [0.15, 0.2) is 11.4 Å². The maximum absolute atomic E-state index is 12.9. The smallest absolute Gasteiger partial charge is 0.297 e. The van der Waals surface area contributed by atoms with Crippen LogP contribution in [-0.2, 0) is 50.6 Å². The Balaban J connectivity index is 1.11. The molecular formula is C41H33N9O18S6. The van der Waals surface area contributed by atoms with Crippen molar-refractivity contribution in [2.45, 2.75) is 39.9 Å². The van der Waals surface area contributed by atoms with E-state index < -0.39 is 88.3 Å². The third-order valence-electron chi connectivity index (χ3n) is 10.5. The molecule has 7 N–H and O–H groups in total. The SMILES string of the molecule is Cc1cc(N=Nc2ccc3c(S(=O)(=O)O)c(N=Nc4c(C)nn(-c5ccc6c(S(=O)(=O)O)cc(S(=O)(=O)O)cc6c5)c4O)ccc3c2O)c(OCCCS(=O)(=O)O)cc1N=Nc1nc2cccc(S(=O)(=O)O)c2s1. The molecule has 8 aromatic rings. The molecule has 0 saturated carbocycles. The number of aryl methyl sites for hydroxylation is 2. The van der Waals surface area contributed by atoms with Crippen molar-refractivity contribution in [2.24, 2.45) is 30.7 Å². The average molecular weight is 1130 g/mol. The largest absolute Gasteiger partial charge is 0.505 e. The lowest BCUT2D eigenvalue weighted by Crippen LogP contribution is -2.08. The number of phenolic OH excluding ortho intramolecular Hbond substituents is 1. The number of aromatic nitrogens is 3. The predicted octanol–water partition coefficient (Wildman–Crippen LogP) is 8.71. The number of nitrogens with zero attached hydrogens (tertiary/aromatic N) is 9. The fraction of sp³-hybridized carbons (Fsp3) is 0.122. The van der Waals surface area contributed by atoms with Crippen LogP contribution in [0.25, 0.3) is 37.4 Å². The van der Waals surface area contributed by atoms with Gasteiger partial charge in [-0.05, 0) is 91.9 Å². The van der Waals surface area contributed by atoms with Crippen LogP contribution in [0, 0.1) is 13.8 Å². The zero-order valence-electron chi connectivity index (χ0n) is 37.3. The van der Waals surface area contributed by atoms with Gasteiger partial charge in [-0.15, -0.1) is 30.7 Å². The fourth-order valence-corrected chi connectivity index (χ4v) is 11.7. The number of hydrogen-bond acceptors (Lipinski definition) is 22. The third-order valence-corrected chi connectivity index (χ3v) is 16.0. The first-order valence-corrected chi connectivity index (χ1v) is 28.6. The Hall–Kier alpha value is -7.31. The standard InChI is InChI=1S/C41H33N9O18S6/c1-20-15-32(33(68-13-4-14-70(53,54)55)19-31(20)45-48-41-42-29-5-3-6-34(38(29)69-41)72(59,60)61)46-43-28-11-10-27-26(37(28)51)9-12-30(39(27)74(65,66)67)44-47-36-21(2)49-50(40(36)52)23-7-8-25-22(16-23)17-24(71(56,57)58)18-35(25)73(62,63)64/h3,5-12,15-19,51-52H,4,13-14H2,1-2H3,(H,53,54,55)(H,56,57,58)(H,59,60,61)(H,62,63,64)(H,65,66,67). The molecule has 0 saturated heterocycles. The van der Waals surface area contributed by atoms with E-state index in [0.717, 1.165) is 46.4 Å². The monoisotopic (exact) mass is 1130 g/mol. The summed E-state index contributed by atoms with van der Waals surface area (Å²) in [5.41, 5.74) is -0.291. The second-order valence-corrected chi connectivity index (χ2v) is 23.7. The first-order valence-electron chi connectivity index (χ1n) is 20.4. The van der Waals surface area contributed by atoms with Crippen LogP contribution in [0.4, 0.5) is 33.6 Å². The van der Waals surface area contributed by atoms with Crippen LogP contribution in [0.3, 0.4) is 0 Å². The van der Waals surface area contributed by atoms with Gasteiger partial charge < -0.3 is 14.9 Å². The van der Waals surface area contributed by atoms with Gasteiger partial charge in [-0.2, -0.15) is 51.9 Å². The summed E-state index contributed by atoms with van der Waals surface area (Å²) in [6, 6.07) is 16.5. The van der Waals surface area contributed by atoms with Gasteiger partial charge in [0.25, 0.3) is 50.6 Å². The molecule has 0 unspecified atom stereocenters. The lowest BCUT2D eigenvalue weighted by Gasteiger charge is -2.11. The Morgan fingerprint density at radius 2 is 1.27 bits per heavy atom. The number of aromatic hydroxyl groups is 2. The second-order valence-electron chi connectivity index (χ2n) is 15.6. The Morgan fingerprint density at radius 3 is 1.95 bits per heavy atom. The molecule has 2 aromatic heterocycles. The van der Waals surface area contributed by atoms with E-state index >= 15 is 0 Å². The van der Waals surface area contributed by atoms with E-state index in [2.05, 4.69) is 40.8 Å². The lowest BCUT2D eigenvalue weighted by atomic mass is 10.1. The van der Waals surface area contributed by atoms with Crippen molar-refractivity contribution in [1.29, 1.82) is 0 Å². The number of hydrogen-bond donors (Lipinski definition) is 7. The quantitative estimate of drug-likeness (QED) is 0.0270. The van der Waals surface area contributed by atoms with Gasteiger partial charge in [-0.1, -0.05) is 29.5 Å². The molecular weight excluding hydrogens is 1100 g/mol. The van der Waals surface area contributed by atoms with Crippen molar-refractivity contribution in [3.63, 3.8) is 0 Å². The Morgan fingerprint density at radius 1 is 0.622 bits per heavy atom. The topological polar surface area (TPSA) is 426 Å². The van der Waals surface area contributed by atoms with E-state index in [9.17, 15) is 75.1 Å². The molecule has 0 fully saturated rings. The highest BCUT2D eigenvalue weighted by atomic mass is 32.2. The molecule has 2 heterocycles. The number of ether oxygens (including phenoxy) is 1. The van der Waals surface area contributed by atoms with Crippen molar-refractivity contribution in [3.8, 4) is 23.1 Å². The van der Waals surface area contributed by atoms with Crippen LogP contribution in [0.5, 0.6) is 17.4 Å². The summed E-state index contributed by atoms with van der Waals surface area (Å²) in [5, 5.41) is 50.6. The van der Waals surface area contributed by atoms with Gasteiger partial charge in [0.05, 0.1) is 44.5 Å². The minimum Gasteiger partial charge on any atom is -0.505 e. The number of thiazole rings is 1. The molecule has 74 heavy (non-hydrogen) atoms. The number of phenols is 1. The fourth-order valence-electron chi connectivity index (χ4n) is 7.22. The van der Waals surface area contributed by atoms with E-state index in [0.29, 0.717) is 11.6 Å². The van der Waals surface area contributed by atoms with E-state index in [-0.39, 0.29) is 94.7 Å². The Labute approximate surface area is 421 Å². The predicted molar refractivity (Wildman–Crippen MR) is 262 cm³/mol. The van der Waals surface area contributed by atoms with Crippen molar-refractivity contribution in [1.82, 2.24) is 14.8 Å². The molecule has 0 amide bonds. The van der Waals surface area contributed by atoms with E-state index in [4.69, 9.17) is 4.74 Å². The minimum atomic E-state index is -5.18. The number of rotatable bonds is 16. The summed E-state index contributed by atoms with van der Waals surface area (Å²) < 4.78 is 176. The summed E-state index contributed by atoms with van der Waals surface area (Å²) in [5.74, 6) is -2.04. The normalized spacial score (nSPS) is 13.2. The summed E-state index contributed by atoms with van der Waals surface area (Å²) in [6.07, 6.45) is -0.171. The van der Waals surface area contributed by atoms with Crippen molar-refractivity contribution in [3.05, 3.63) is 96.2 Å². The van der Waals surface area contributed by atoms with Crippen molar-refractivity contribution >= 4 is 127 Å². The first-order chi connectivity index (χ1) is 34.5. The van der Waals surface area contributed by atoms with Crippen molar-refractivity contribution in [2.75, 3.05) is 12.4 Å². The molecule has 0 bridgehead atoms. The third kappa shape index (κ3) is 11.3. The van der Waals surface area contributed by atoms with Gasteiger partial charge >= 0.3 is 0 Å². The molecule has 386 valence electrons.